The minimum atomic E-state index is 0.385. The Kier molecular flexibility index (Phi) is 6.21. The van der Waals surface area contributed by atoms with Gasteiger partial charge in [0, 0.05) is 12.3 Å². The average molecular weight is 179 g/mol. The molecule has 0 spiro atoms. The van der Waals surface area contributed by atoms with Gasteiger partial charge in [0.15, 0.2) is 0 Å². The predicted molar refractivity (Wildman–Crippen MR) is 61.4 cm³/mol. The normalized spacial score (nSPS) is 14.2. The third-order valence-electron chi connectivity index (χ3n) is 1.68. The summed E-state index contributed by atoms with van der Waals surface area (Å²) in [7, 11) is 0. The van der Waals surface area contributed by atoms with E-state index in [1.165, 1.54) is 5.57 Å². The highest BCUT2D eigenvalue weighted by Gasteiger charge is 1.96. The summed E-state index contributed by atoms with van der Waals surface area (Å²) in [6.07, 6.45) is 8.19. The summed E-state index contributed by atoms with van der Waals surface area (Å²) >= 11 is 0. The predicted octanol–water partition coefficient (Wildman–Crippen LogP) is 3.62. The molecule has 0 saturated carbocycles. The summed E-state index contributed by atoms with van der Waals surface area (Å²) in [5.41, 5.74) is 1.33. The van der Waals surface area contributed by atoms with Gasteiger partial charge in [0.05, 0.1) is 0 Å². The molecule has 1 nitrogen and oxygen atoms in total. The second kappa shape index (κ2) is 6.64. The summed E-state index contributed by atoms with van der Waals surface area (Å²) in [6.45, 7) is 10.6. The number of allylic oxidation sites excluding steroid dienone is 4. The average Bonchev–Trinajstić information content (AvgIpc) is 2.02. The van der Waals surface area contributed by atoms with Crippen LogP contribution in [0.1, 0.15) is 34.6 Å². The first-order chi connectivity index (χ1) is 6.07. The molecule has 0 bridgehead atoms. The van der Waals surface area contributed by atoms with Crippen LogP contribution in [0.15, 0.2) is 28.8 Å². The highest BCUT2D eigenvalue weighted by molar-refractivity contribution is 5.73. The lowest BCUT2D eigenvalue weighted by Crippen LogP contribution is -1.92. The molecule has 0 saturated heterocycles. The van der Waals surface area contributed by atoms with Gasteiger partial charge in [-0.25, -0.2) is 0 Å². The molecule has 0 aliphatic rings. The van der Waals surface area contributed by atoms with Crippen LogP contribution in [0.4, 0.5) is 0 Å². The Morgan fingerprint density at radius 3 is 2.15 bits per heavy atom. The number of rotatable bonds is 4. The van der Waals surface area contributed by atoms with Crippen LogP contribution < -0.4 is 0 Å². The quantitative estimate of drug-likeness (QED) is 0.461. The molecule has 0 radical (unpaired) electrons. The molecular weight excluding hydrogens is 158 g/mol. The zero-order chi connectivity index (χ0) is 10.3. The molecule has 0 rings (SSSR count). The van der Waals surface area contributed by atoms with Crippen molar-refractivity contribution in [3.63, 3.8) is 0 Å². The Bertz CT molecular complexity index is 207. The molecule has 0 aliphatic carbocycles. The number of hydrogen-bond acceptors (Lipinski definition) is 1. The van der Waals surface area contributed by atoms with E-state index in [4.69, 9.17) is 0 Å². The van der Waals surface area contributed by atoms with Crippen molar-refractivity contribution in [2.24, 2.45) is 10.9 Å². The van der Waals surface area contributed by atoms with E-state index in [2.05, 4.69) is 50.9 Å². The number of hydrogen-bond donors (Lipinski definition) is 0. The minimum Gasteiger partial charge on any atom is -0.290 e. The third-order valence-corrected chi connectivity index (χ3v) is 1.68. The van der Waals surface area contributed by atoms with Crippen LogP contribution in [0, 0.1) is 5.92 Å². The summed E-state index contributed by atoms with van der Waals surface area (Å²) in [6, 6.07) is 0.385. The van der Waals surface area contributed by atoms with Crippen molar-refractivity contribution in [2.45, 2.75) is 40.7 Å². The molecule has 0 amide bonds. The van der Waals surface area contributed by atoms with Crippen molar-refractivity contribution in [3.05, 3.63) is 23.8 Å². The van der Waals surface area contributed by atoms with Crippen LogP contribution in [0.5, 0.6) is 0 Å². The highest BCUT2D eigenvalue weighted by atomic mass is 14.7. The van der Waals surface area contributed by atoms with E-state index >= 15 is 0 Å². The lowest BCUT2D eigenvalue weighted by molar-refractivity contribution is 0.792. The standard InChI is InChI=1S/C12H21N/c1-6-7-12(10(2)3)8-9-13-11(4)5/h6-11H,1-5H3/b7-6-,12-8+,13-9?. The Labute approximate surface area is 82.3 Å². The van der Waals surface area contributed by atoms with Gasteiger partial charge in [0.1, 0.15) is 0 Å². The lowest BCUT2D eigenvalue weighted by Gasteiger charge is -2.04. The van der Waals surface area contributed by atoms with Crippen LogP contribution in [-0.2, 0) is 0 Å². The van der Waals surface area contributed by atoms with E-state index in [9.17, 15) is 0 Å². The van der Waals surface area contributed by atoms with Crippen molar-refractivity contribution in [2.75, 3.05) is 0 Å². The smallest absolute Gasteiger partial charge is 0.0443 e. The van der Waals surface area contributed by atoms with E-state index in [1.54, 1.807) is 0 Å². The van der Waals surface area contributed by atoms with Gasteiger partial charge < -0.3 is 0 Å². The van der Waals surface area contributed by atoms with E-state index in [0.29, 0.717) is 12.0 Å². The van der Waals surface area contributed by atoms with Gasteiger partial charge in [0.2, 0.25) is 0 Å². The monoisotopic (exact) mass is 179 g/mol. The van der Waals surface area contributed by atoms with Gasteiger partial charge in [-0.15, -0.1) is 0 Å². The summed E-state index contributed by atoms with van der Waals surface area (Å²) in [5, 5.41) is 0. The molecule has 0 heterocycles. The van der Waals surface area contributed by atoms with Crippen LogP contribution in [0.25, 0.3) is 0 Å². The fourth-order valence-corrected chi connectivity index (χ4v) is 0.934. The molecule has 0 aromatic rings. The molecule has 0 fully saturated rings. The summed E-state index contributed by atoms with van der Waals surface area (Å²) in [4.78, 5) is 4.29. The van der Waals surface area contributed by atoms with Gasteiger partial charge >= 0.3 is 0 Å². The first kappa shape index (κ1) is 12.2. The maximum Gasteiger partial charge on any atom is 0.0443 e. The molecule has 74 valence electrons. The van der Waals surface area contributed by atoms with Gasteiger partial charge in [-0.2, -0.15) is 0 Å². The van der Waals surface area contributed by atoms with Crippen molar-refractivity contribution in [3.8, 4) is 0 Å². The van der Waals surface area contributed by atoms with Crippen molar-refractivity contribution >= 4 is 6.21 Å². The largest absolute Gasteiger partial charge is 0.290 e. The second-order valence-electron chi connectivity index (χ2n) is 3.71. The van der Waals surface area contributed by atoms with E-state index < -0.39 is 0 Å². The molecule has 0 aromatic heterocycles. The minimum absolute atomic E-state index is 0.385. The lowest BCUT2D eigenvalue weighted by atomic mass is 10.0. The van der Waals surface area contributed by atoms with Crippen LogP contribution in [0.3, 0.4) is 0 Å². The molecule has 0 aromatic carbocycles. The molecule has 0 atom stereocenters. The van der Waals surface area contributed by atoms with E-state index in [-0.39, 0.29) is 0 Å². The van der Waals surface area contributed by atoms with Gasteiger partial charge in [0.25, 0.3) is 0 Å². The van der Waals surface area contributed by atoms with Crippen LogP contribution >= 0.6 is 0 Å². The molecule has 0 aliphatic heterocycles. The highest BCUT2D eigenvalue weighted by Crippen LogP contribution is 2.09. The van der Waals surface area contributed by atoms with Crippen LogP contribution in [-0.4, -0.2) is 12.3 Å². The van der Waals surface area contributed by atoms with Crippen molar-refractivity contribution < 1.29 is 0 Å². The molecule has 0 unspecified atom stereocenters. The van der Waals surface area contributed by atoms with Crippen molar-refractivity contribution in [1.29, 1.82) is 0 Å². The Hall–Kier alpha value is -0.850. The Morgan fingerprint density at radius 2 is 1.77 bits per heavy atom. The Morgan fingerprint density at radius 1 is 1.15 bits per heavy atom. The van der Waals surface area contributed by atoms with Gasteiger partial charge in [-0.1, -0.05) is 26.0 Å². The van der Waals surface area contributed by atoms with Gasteiger partial charge in [-0.05, 0) is 38.3 Å². The molecule has 1 heteroatoms. The Balaban J connectivity index is 4.36. The third kappa shape index (κ3) is 6.32. The topological polar surface area (TPSA) is 12.4 Å². The fourth-order valence-electron chi connectivity index (χ4n) is 0.934. The van der Waals surface area contributed by atoms with Crippen molar-refractivity contribution in [1.82, 2.24) is 0 Å². The van der Waals surface area contributed by atoms with E-state index in [0.717, 1.165) is 0 Å². The zero-order valence-corrected chi connectivity index (χ0v) is 9.41. The first-order valence-corrected chi connectivity index (χ1v) is 4.94. The van der Waals surface area contributed by atoms with Crippen LogP contribution in [0.2, 0.25) is 0 Å². The molecule has 13 heavy (non-hydrogen) atoms. The van der Waals surface area contributed by atoms with E-state index in [1.807, 2.05) is 13.1 Å². The summed E-state index contributed by atoms with van der Waals surface area (Å²) in [5.74, 6) is 0.565. The molecular formula is C12H21N. The number of nitrogens with zero attached hydrogens (tertiary/aromatic N) is 1. The maximum atomic E-state index is 4.29. The molecule has 0 N–H and O–H groups in total. The SMILES string of the molecule is C/C=C\C(=C/C=NC(C)C)C(C)C. The zero-order valence-electron chi connectivity index (χ0n) is 9.41. The number of aliphatic imine (C=N–C) groups is 1. The fraction of sp³-hybridized carbons (Fsp3) is 0.583. The van der Waals surface area contributed by atoms with Gasteiger partial charge in [-0.3, -0.25) is 4.99 Å². The first-order valence-electron chi connectivity index (χ1n) is 4.94. The second-order valence-corrected chi connectivity index (χ2v) is 3.71. The summed E-state index contributed by atoms with van der Waals surface area (Å²) < 4.78 is 0. The maximum absolute atomic E-state index is 4.29.